The minimum Gasteiger partial charge on any atom is -0.451 e. The number of hydrogen-bond acceptors (Lipinski definition) is 4. The quantitative estimate of drug-likeness (QED) is 0.745. The van der Waals surface area contributed by atoms with E-state index in [4.69, 9.17) is 4.74 Å². The molecule has 22 heavy (non-hydrogen) atoms. The SMILES string of the molecule is CCNC(=O)[C@H](C)OC(=O)[C@H](C)NC(=O)c1ccc(Br)cc1. The predicted octanol–water partition coefficient (Wildman–Crippen LogP) is 1.64. The first-order valence-electron chi connectivity index (χ1n) is 6.89. The molecule has 1 aromatic carbocycles. The van der Waals surface area contributed by atoms with Crippen LogP contribution in [0.3, 0.4) is 0 Å². The Morgan fingerprint density at radius 1 is 1.18 bits per heavy atom. The van der Waals surface area contributed by atoms with Crippen molar-refractivity contribution in [3.8, 4) is 0 Å². The number of esters is 1. The fraction of sp³-hybridized carbons (Fsp3) is 0.400. The molecule has 1 aromatic rings. The van der Waals surface area contributed by atoms with E-state index in [0.717, 1.165) is 4.47 Å². The number of likely N-dealkylation sites (N-methyl/N-ethyl adjacent to an activating group) is 1. The Morgan fingerprint density at radius 2 is 1.77 bits per heavy atom. The Balaban J connectivity index is 2.55. The van der Waals surface area contributed by atoms with E-state index in [1.54, 1.807) is 31.2 Å². The highest BCUT2D eigenvalue weighted by molar-refractivity contribution is 9.10. The molecule has 0 aromatic heterocycles. The third-order valence-electron chi connectivity index (χ3n) is 2.82. The van der Waals surface area contributed by atoms with Crippen molar-refractivity contribution in [1.82, 2.24) is 10.6 Å². The highest BCUT2D eigenvalue weighted by Gasteiger charge is 2.23. The van der Waals surface area contributed by atoms with Crippen LogP contribution in [0.5, 0.6) is 0 Å². The predicted molar refractivity (Wildman–Crippen MR) is 85.3 cm³/mol. The average Bonchev–Trinajstić information content (AvgIpc) is 2.47. The van der Waals surface area contributed by atoms with Gasteiger partial charge in [-0.1, -0.05) is 15.9 Å². The van der Waals surface area contributed by atoms with Crippen molar-refractivity contribution in [3.05, 3.63) is 34.3 Å². The van der Waals surface area contributed by atoms with Gasteiger partial charge in [-0.3, -0.25) is 9.59 Å². The molecule has 0 aliphatic heterocycles. The smallest absolute Gasteiger partial charge is 0.329 e. The molecule has 0 aliphatic rings. The molecular weight excluding hydrogens is 352 g/mol. The van der Waals surface area contributed by atoms with Crippen molar-refractivity contribution in [2.45, 2.75) is 32.9 Å². The van der Waals surface area contributed by atoms with Gasteiger partial charge in [0, 0.05) is 16.6 Å². The third-order valence-corrected chi connectivity index (χ3v) is 3.35. The summed E-state index contributed by atoms with van der Waals surface area (Å²) in [5, 5.41) is 5.08. The number of carbonyl (C=O) groups is 3. The van der Waals surface area contributed by atoms with Gasteiger partial charge >= 0.3 is 5.97 Å². The lowest BCUT2D eigenvalue weighted by atomic mass is 10.2. The maximum absolute atomic E-state index is 12.0. The van der Waals surface area contributed by atoms with Crippen molar-refractivity contribution >= 4 is 33.7 Å². The fourth-order valence-corrected chi connectivity index (χ4v) is 1.85. The van der Waals surface area contributed by atoms with Gasteiger partial charge in [-0.15, -0.1) is 0 Å². The number of rotatable bonds is 6. The molecule has 1 rings (SSSR count). The van der Waals surface area contributed by atoms with Gasteiger partial charge in [-0.25, -0.2) is 4.79 Å². The van der Waals surface area contributed by atoms with Crippen LogP contribution in [0.1, 0.15) is 31.1 Å². The van der Waals surface area contributed by atoms with Crippen molar-refractivity contribution in [2.24, 2.45) is 0 Å². The van der Waals surface area contributed by atoms with Crippen LogP contribution in [-0.4, -0.2) is 36.5 Å². The van der Waals surface area contributed by atoms with Crippen molar-refractivity contribution in [3.63, 3.8) is 0 Å². The first-order chi connectivity index (χ1) is 10.3. The number of benzene rings is 1. The monoisotopic (exact) mass is 370 g/mol. The topological polar surface area (TPSA) is 84.5 Å². The van der Waals surface area contributed by atoms with E-state index < -0.39 is 18.1 Å². The summed E-state index contributed by atoms with van der Waals surface area (Å²) < 4.78 is 5.86. The van der Waals surface area contributed by atoms with E-state index in [9.17, 15) is 14.4 Å². The minimum absolute atomic E-state index is 0.373. The van der Waals surface area contributed by atoms with E-state index in [1.165, 1.54) is 13.8 Å². The van der Waals surface area contributed by atoms with Gasteiger partial charge in [-0.05, 0) is 45.0 Å². The standard InChI is InChI=1S/C15H19BrN2O4/c1-4-17-13(19)10(3)22-15(21)9(2)18-14(20)11-5-7-12(16)8-6-11/h5-10H,4H2,1-3H3,(H,17,19)(H,18,20)/t9-,10-/m0/s1. The molecule has 2 atom stereocenters. The average molecular weight is 371 g/mol. The number of carbonyl (C=O) groups excluding carboxylic acids is 3. The lowest BCUT2D eigenvalue weighted by molar-refractivity contribution is -0.156. The van der Waals surface area contributed by atoms with Gasteiger partial charge in [0.15, 0.2) is 6.10 Å². The van der Waals surface area contributed by atoms with Crippen LogP contribution in [0, 0.1) is 0 Å². The molecule has 0 fully saturated rings. The summed E-state index contributed by atoms with van der Waals surface area (Å²) in [5.41, 5.74) is 0.430. The normalized spacial score (nSPS) is 12.9. The summed E-state index contributed by atoms with van der Waals surface area (Å²) in [6.45, 7) is 5.21. The second-order valence-corrected chi connectivity index (χ2v) is 5.59. The highest BCUT2D eigenvalue weighted by atomic mass is 79.9. The van der Waals surface area contributed by atoms with Gasteiger partial charge < -0.3 is 15.4 Å². The molecule has 2 amide bonds. The number of amides is 2. The Labute approximate surface area is 137 Å². The molecule has 6 nitrogen and oxygen atoms in total. The van der Waals surface area contributed by atoms with Gasteiger partial charge in [0.05, 0.1) is 0 Å². The molecule has 0 radical (unpaired) electrons. The zero-order valence-corrected chi connectivity index (χ0v) is 14.3. The summed E-state index contributed by atoms with van der Waals surface area (Å²) >= 11 is 3.28. The second-order valence-electron chi connectivity index (χ2n) is 4.68. The van der Waals surface area contributed by atoms with Crippen LogP contribution < -0.4 is 10.6 Å². The summed E-state index contributed by atoms with van der Waals surface area (Å²) in [6.07, 6.45) is -0.903. The lowest BCUT2D eigenvalue weighted by Gasteiger charge is -2.17. The zero-order chi connectivity index (χ0) is 16.7. The van der Waals surface area contributed by atoms with Crippen LogP contribution in [-0.2, 0) is 14.3 Å². The number of hydrogen-bond donors (Lipinski definition) is 2. The maximum Gasteiger partial charge on any atom is 0.329 e. The molecule has 0 aliphatic carbocycles. The second kappa shape index (κ2) is 8.53. The fourth-order valence-electron chi connectivity index (χ4n) is 1.59. The van der Waals surface area contributed by atoms with E-state index >= 15 is 0 Å². The van der Waals surface area contributed by atoms with Crippen LogP contribution in [0.2, 0.25) is 0 Å². The Bertz CT molecular complexity index is 545. The highest BCUT2D eigenvalue weighted by Crippen LogP contribution is 2.10. The van der Waals surface area contributed by atoms with Crippen molar-refractivity contribution in [1.29, 1.82) is 0 Å². The van der Waals surface area contributed by atoms with E-state index in [2.05, 4.69) is 26.6 Å². The van der Waals surface area contributed by atoms with Crippen molar-refractivity contribution < 1.29 is 19.1 Å². The summed E-state index contributed by atoms with van der Waals surface area (Å²) in [7, 11) is 0. The molecule has 0 saturated heterocycles. The lowest BCUT2D eigenvalue weighted by Crippen LogP contribution is -2.43. The van der Waals surface area contributed by atoms with Crippen LogP contribution in [0.4, 0.5) is 0 Å². The molecular formula is C15H19BrN2O4. The third kappa shape index (κ3) is 5.48. The van der Waals surface area contributed by atoms with Crippen LogP contribution in [0.25, 0.3) is 0 Å². The maximum atomic E-state index is 12.0. The first kappa shape index (κ1) is 18.2. The molecule has 0 bridgehead atoms. The minimum atomic E-state index is -0.903. The molecule has 2 N–H and O–H groups in total. The van der Waals surface area contributed by atoms with E-state index in [-0.39, 0.29) is 11.8 Å². The number of nitrogens with one attached hydrogen (secondary N) is 2. The molecule has 0 saturated carbocycles. The molecule has 0 heterocycles. The Kier molecular flexibility index (Phi) is 7.04. The summed E-state index contributed by atoms with van der Waals surface area (Å²) in [5.74, 6) is -1.42. The van der Waals surface area contributed by atoms with Gasteiger partial charge in [-0.2, -0.15) is 0 Å². The first-order valence-corrected chi connectivity index (χ1v) is 7.69. The summed E-state index contributed by atoms with van der Waals surface area (Å²) in [4.78, 5) is 35.3. The molecule has 0 unspecified atom stereocenters. The van der Waals surface area contributed by atoms with E-state index in [1.807, 2.05) is 0 Å². The summed E-state index contributed by atoms with van der Waals surface area (Å²) in [6, 6.07) is 5.88. The Morgan fingerprint density at radius 3 is 2.32 bits per heavy atom. The van der Waals surface area contributed by atoms with E-state index in [0.29, 0.717) is 12.1 Å². The number of ether oxygens (including phenoxy) is 1. The van der Waals surface area contributed by atoms with Gasteiger partial charge in [0.1, 0.15) is 6.04 Å². The number of halogens is 1. The molecule has 0 spiro atoms. The van der Waals surface area contributed by atoms with Crippen molar-refractivity contribution in [2.75, 3.05) is 6.54 Å². The van der Waals surface area contributed by atoms with Crippen LogP contribution in [0.15, 0.2) is 28.7 Å². The molecule has 120 valence electrons. The van der Waals surface area contributed by atoms with Gasteiger partial charge in [0.25, 0.3) is 11.8 Å². The molecule has 7 heteroatoms. The van der Waals surface area contributed by atoms with Crippen LogP contribution >= 0.6 is 15.9 Å². The van der Waals surface area contributed by atoms with Gasteiger partial charge in [0.2, 0.25) is 0 Å². The largest absolute Gasteiger partial charge is 0.451 e. The Hall–Kier alpha value is -1.89. The zero-order valence-electron chi connectivity index (χ0n) is 12.7.